The number of para-hydroxylation sites is 1. The Morgan fingerprint density at radius 1 is 1.21 bits per heavy atom. The average molecular weight is 270 g/mol. The highest BCUT2D eigenvalue weighted by molar-refractivity contribution is 7.17. The van der Waals surface area contributed by atoms with Gasteiger partial charge in [0.05, 0.1) is 5.39 Å². The van der Waals surface area contributed by atoms with E-state index in [0.717, 1.165) is 21.5 Å². The lowest BCUT2D eigenvalue weighted by atomic mass is 10.1. The zero-order valence-corrected chi connectivity index (χ0v) is 11.4. The van der Waals surface area contributed by atoms with Gasteiger partial charge in [0.2, 0.25) is 0 Å². The summed E-state index contributed by atoms with van der Waals surface area (Å²) in [6, 6.07) is 13.3. The van der Waals surface area contributed by atoms with Crippen LogP contribution in [0.15, 0.2) is 52.6 Å². The van der Waals surface area contributed by atoms with Gasteiger partial charge in [-0.05, 0) is 36.6 Å². The van der Waals surface area contributed by atoms with Crippen LogP contribution in [0.4, 0.5) is 0 Å². The quantitative estimate of drug-likeness (QED) is 0.778. The topological polar surface area (TPSA) is 48.0 Å². The van der Waals surface area contributed by atoms with E-state index in [-0.39, 0.29) is 11.6 Å². The molecule has 3 rings (SSSR count). The van der Waals surface area contributed by atoms with Crippen molar-refractivity contribution in [2.45, 2.75) is 13.0 Å². The van der Waals surface area contributed by atoms with E-state index in [1.54, 1.807) is 15.9 Å². The fourth-order valence-corrected chi connectivity index (χ4v) is 3.05. The standard InChI is InChI=1S/C15H14N2OS/c1-10(16)13-9-14-12(7-8-19-14)15(18)17(13)11-5-3-2-4-6-11/h2-10H,16H2,1H3/t10-/m0/s1. The molecule has 0 aliphatic heterocycles. The molecule has 0 bridgehead atoms. The first-order valence-electron chi connectivity index (χ1n) is 6.12. The van der Waals surface area contributed by atoms with E-state index in [1.807, 2.05) is 54.8 Å². The Morgan fingerprint density at radius 2 is 1.95 bits per heavy atom. The molecule has 0 spiro atoms. The fourth-order valence-electron chi connectivity index (χ4n) is 2.22. The van der Waals surface area contributed by atoms with Gasteiger partial charge in [0.25, 0.3) is 5.56 Å². The zero-order chi connectivity index (χ0) is 13.4. The Kier molecular flexibility index (Phi) is 2.97. The molecule has 96 valence electrons. The molecule has 2 heterocycles. The summed E-state index contributed by atoms with van der Waals surface area (Å²) in [7, 11) is 0. The molecule has 3 nitrogen and oxygen atoms in total. The molecule has 0 fully saturated rings. The summed E-state index contributed by atoms with van der Waals surface area (Å²) in [6.07, 6.45) is 0. The van der Waals surface area contributed by atoms with Crippen molar-refractivity contribution < 1.29 is 0 Å². The normalized spacial score (nSPS) is 12.7. The third-order valence-corrected chi connectivity index (χ3v) is 4.01. The maximum atomic E-state index is 12.6. The number of aromatic nitrogens is 1. The van der Waals surface area contributed by atoms with Gasteiger partial charge in [-0.15, -0.1) is 11.3 Å². The first kappa shape index (κ1) is 12.1. The molecular weight excluding hydrogens is 256 g/mol. The van der Waals surface area contributed by atoms with E-state index < -0.39 is 0 Å². The van der Waals surface area contributed by atoms with Gasteiger partial charge in [-0.1, -0.05) is 18.2 Å². The van der Waals surface area contributed by atoms with Crippen molar-refractivity contribution in [2.75, 3.05) is 0 Å². The molecule has 0 unspecified atom stereocenters. The van der Waals surface area contributed by atoms with Crippen LogP contribution in [0.2, 0.25) is 0 Å². The lowest BCUT2D eigenvalue weighted by molar-refractivity contribution is 0.735. The molecule has 0 radical (unpaired) electrons. The molecule has 3 aromatic rings. The summed E-state index contributed by atoms with van der Waals surface area (Å²) in [5, 5.41) is 2.69. The molecule has 0 amide bonds. The maximum absolute atomic E-state index is 12.6. The molecule has 2 N–H and O–H groups in total. The first-order valence-corrected chi connectivity index (χ1v) is 7.00. The summed E-state index contributed by atoms with van der Waals surface area (Å²) in [5.41, 5.74) is 7.72. The summed E-state index contributed by atoms with van der Waals surface area (Å²) in [4.78, 5) is 12.6. The van der Waals surface area contributed by atoms with E-state index in [4.69, 9.17) is 5.73 Å². The second-order valence-corrected chi connectivity index (χ2v) is 5.48. The van der Waals surface area contributed by atoms with Crippen LogP contribution in [0.25, 0.3) is 15.8 Å². The number of thiophene rings is 1. The molecule has 2 aromatic heterocycles. The number of fused-ring (bicyclic) bond motifs is 1. The number of hydrogen-bond donors (Lipinski definition) is 1. The van der Waals surface area contributed by atoms with Gasteiger partial charge in [0.15, 0.2) is 0 Å². The van der Waals surface area contributed by atoms with Crippen LogP contribution >= 0.6 is 11.3 Å². The highest BCUT2D eigenvalue weighted by Gasteiger charge is 2.14. The zero-order valence-electron chi connectivity index (χ0n) is 10.5. The van der Waals surface area contributed by atoms with Crippen LogP contribution in [0.5, 0.6) is 0 Å². The molecule has 1 atom stereocenters. The Morgan fingerprint density at radius 3 is 2.63 bits per heavy atom. The summed E-state index contributed by atoms with van der Waals surface area (Å²) >= 11 is 1.57. The van der Waals surface area contributed by atoms with Crippen LogP contribution in [-0.4, -0.2) is 4.57 Å². The second kappa shape index (κ2) is 4.64. The smallest absolute Gasteiger partial charge is 0.264 e. The van der Waals surface area contributed by atoms with Gasteiger partial charge >= 0.3 is 0 Å². The van der Waals surface area contributed by atoms with E-state index in [2.05, 4.69) is 0 Å². The predicted molar refractivity (Wildman–Crippen MR) is 80.0 cm³/mol. The molecule has 4 heteroatoms. The SMILES string of the molecule is C[C@H](N)c1cc2sccc2c(=O)n1-c1ccccc1. The van der Waals surface area contributed by atoms with Crippen molar-refractivity contribution in [3.63, 3.8) is 0 Å². The maximum Gasteiger partial charge on any atom is 0.264 e. The Balaban J connectivity index is 2.41. The monoisotopic (exact) mass is 270 g/mol. The lowest BCUT2D eigenvalue weighted by Crippen LogP contribution is -2.25. The third-order valence-electron chi connectivity index (χ3n) is 3.15. The van der Waals surface area contributed by atoms with Crippen molar-refractivity contribution in [1.29, 1.82) is 0 Å². The minimum Gasteiger partial charge on any atom is -0.323 e. The van der Waals surface area contributed by atoms with Gasteiger partial charge in [0, 0.05) is 22.1 Å². The molecular formula is C15H14N2OS. The van der Waals surface area contributed by atoms with Crippen LogP contribution in [0.1, 0.15) is 18.7 Å². The van der Waals surface area contributed by atoms with Gasteiger partial charge in [0.1, 0.15) is 0 Å². The summed E-state index contributed by atoms with van der Waals surface area (Å²) < 4.78 is 2.70. The number of nitrogens with zero attached hydrogens (tertiary/aromatic N) is 1. The first-order chi connectivity index (χ1) is 9.18. The number of nitrogens with two attached hydrogens (primary N) is 1. The Bertz CT molecular complexity index is 772. The third kappa shape index (κ3) is 1.99. The van der Waals surface area contributed by atoms with Gasteiger partial charge in [-0.2, -0.15) is 0 Å². The summed E-state index contributed by atoms with van der Waals surface area (Å²) in [6.45, 7) is 1.90. The van der Waals surface area contributed by atoms with Crippen LogP contribution in [0, 0.1) is 0 Å². The lowest BCUT2D eigenvalue weighted by Gasteiger charge is -2.16. The van der Waals surface area contributed by atoms with E-state index >= 15 is 0 Å². The van der Waals surface area contributed by atoms with Crippen LogP contribution in [0.3, 0.4) is 0 Å². The van der Waals surface area contributed by atoms with Crippen molar-refractivity contribution in [2.24, 2.45) is 5.73 Å². The van der Waals surface area contributed by atoms with E-state index in [0.29, 0.717) is 0 Å². The molecule has 19 heavy (non-hydrogen) atoms. The highest BCUT2D eigenvalue weighted by atomic mass is 32.1. The number of rotatable bonds is 2. The van der Waals surface area contributed by atoms with Crippen LogP contribution in [-0.2, 0) is 0 Å². The van der Waals surface area contributed by atoms with Crippen molar-refractivity contribution in [3.8, 4) is 5.69 Å². The minimum atomic E-state index is -0.195. The van der Waals surface area contributed by atoms with E-state index in [9.17, 15) is 4.79 Å². The fraction of sp³-hybridized carbons (Fsp3) is 0.133. The van der Waals surface area contributed by atoms with E-state index in [1.165, 1.54) is 0 Å². The number of hydrogen-bond acceptors (Lipinski definition) is 3. The van der Waals surface area contributed by atoms with Crippen molar-refractivity contribution in [1.82, 2.24) is 4.57 Å². The second-order valence-electron chi connectivity index (χ2n) is 4.53. The molecule has 0 saturated carbocycles. The number of pyridine rings is 1. The Labute approximate surface area is 114 Å². The molecule has 1 aromatic carbocycles. The average Bonchev–Trinajstić information content (AvgIpc) is 2.88. The summed E-state index contributed by atoms with van der Waals surface area (Å²) in [5.74, 6) is 0. The largest absolute Gasteiger partial charge is 0.323 e. The molecule has 0 saturated heterocycles. The minimum absolute atomic E-state index is 0.00255. The van der Waals surface area contributed by atoms with Gasteiger partial charge in [-0.3, -0.25) is 9.36 Å². The Hall–Kier alpha value is -1.91. The van der Waals surface area contributed by atoms with Gasteiger partial charge < -0.3 is 5.73 Å². The van der Waals surface area contributed by atoms with Gasteiger partial charge in [-0.25, -0.2) is 0 Å². The van der Waals surface area contributed by atoms with Crippen molar-refractivity contribution >= 4 is 21.4 Å². The highest BCUT2D eigenvalue weighted by Crippen LogP contribution is 2.23. The van der Waals surface area contributed by atoms with Crippen molar-refractivity contribution in [3.05, 3.63) is 63.9 Å². The van der Waals surface area contributed by atoms with Crippen LogP contribution < -0.4 is 11.3 Å². The predicted octanol–water partition coefficient (Wildman–Crippen LogP) is 3.07. The molecule has 0 aliphatic rings. The number of benzene rings is 1. The molecule has 0 aliphatic carbocycles.